The van der Waals surface area contributed by atoms with E-state index in [1.165, 1.54) is 0 Å². The number of hydrogen-bond donors (Lipinski definition) is 1. The van der Waals surface area contributed by atoms with E-state index in [9.17, 15) is 4.79 Å². The lowest BCUT2D eigenvalue weighted by atomic mass is 10.1. The number of nitrogens with one attached hydrogen (secondary N) is 1. The van der Waals surface area contributed by atoms with E-state index >= 15 is 0 Å². The van der Waals surface area contributed by atoms with E-state index in [0.717, 1.165) is 28.8 Å². The van der Waals surface area contributed by atoms with Gasteiger partial charge in [-0.2, -0.15) is 0 Å². The highest BCUT2D eigenvalue weighted by molar-refractivity contribution is 9.10. The van der Waals surface area contributed by atoms with E-state index in [1.807, 2.05) is 18.2 Å². The number of carbonyl (C=O) groups excluding carboxylic acids is 1. The quantitative estimate of drug-likeness (QED) is 0.744. The maximum absolute atomic E-state index is 11.8. The first-order valence-corrected chi connectivity index (χ1v) is 7.39. The molecule has 0 heterocycles. The number of benzene rings is 1. The molecule has 0 aliphatic rings. The number of halogens is 1. The fraction of sp³-hybridized carbons (Fsp3) is 0.533. The zero-order valence-electron chi connectivity index (χ0n) is 11.8. The summed E-state index contributed by atoms with van der Waals surface area (Å²) in [6, 6.07) is 6.25. The number of ketones is 1. The Bertz CT molecular complexity index is 419. The number of Topliss-reactive ketones (excluding diaryl/α,β-unsaturated/α-hetero) is 1. The van der Waals surface area contributed by atoms with Gasteiger partial charge in [0.25, 0.3) is 0 Å². The molecule has 1 rings (SSSR count). The number of ether oxygens (including phenoxy) is 1. The Hall–Kier alpha value is -0.870. The van der Waals surface area contributed by atoms with Gasteiger partial charge >= 0.3 is 0 Å². The van der Waals surface area contributed by atoms with Crippen LogP contribution in [-0.4, -0.2) is 25.5 Å². The molecular weight excluding hydrogens is 306 g/mol. The van der Waals surface area contributed by atoms with Crippen LogP contribution in [0.2, 0.25) is 0 Å². The lowest BCUT2D eigenvalue weighted by Gasteiger charge is -2.08. The summed E-state index contributed by atoms with van der Waals surface area (Å²) < 4.78 is 6.06. The van der Waals surface area contributed by atoms with E-state index in [2.05, 4.69) is 35.1 Å². The minimum absolute atomic E-state index is 0.280. The summed E-state index contributed by atoms with van der Waals surface area (Å²) in [5.41, 5.74) is 1.02. The van der Waals surface area contributed by atoms with E-state index in [1.54, 1.807) is 7.11 Å². The van der Waals surface area contributed by atoms with Crippen molar-refractivity contribution in [2.75, 3.05) is 13.7 Å². The van der Waals surface area contributed by atoms with Crippen LogP contribution < -0.4 is 10.1 Å². The first kappa shape index (κ1) is 16.2. The van der Waals surface area contributed by atoms with Crippen LogP contribution in [0, 0.1) is 0 Å². The molecule has 0 aromatic heterocycles. The van der Waals surface area contributed by atoms with Crippen LogP contribution >= 0.6 is 15.9 Å². The fourth-order valence-corrected chi connectivity index (χ4v) is 2.40. The number of rotatable bonds is 8. The average molecular weight is 328 g/mol. The molecule has 0 amide bonds. The van der Waals surface area contributed by atoms with E-state index in [4.69, 9.17) is 4.74 Å². The first-order chi connectivity index (χ1) is 9.02. The molecule has 0 bridgehead atoms. The van der Waals surface area contributed by atoms with E-state index in [-0.39, 0.29) is 5.78 Å². The molecule has 1 aromatic rings. The van der Waals surface area contributed by atoms with Crippen LogP contribution in [0.25, 0.3) is 0 Å². The zero-order valence-corrected chi connectivity index (χ0v) is 13.4. The Morgan fingerprint density at radius 2 is 2.16 bits per heavy atom. The Labute approximate surface area is 123 Å². The zero-order chi connectivity index (χ0) is 14.3. The van der Waals surface area contributed by atoms with Crippen molar-refractivity contribution in [3.63, 3.8) is 0 Å². The maximum Gasteiger partial charge on any atom is 0.137 e. The third-order valence-electron chi connectivity index (χ3n) is 2.80. The van der Waals surface area contributed by atoms with Crippen LogP contribution in [0.3, 0.4) is 0 Å². The second-order valence-corrected chi connectivity index (χ2v) is 5.75. The summed E-state index contributed by atoms with van der Waals surface area (Å²) in [5, 5.41) is 3.31. The summed E-state index contributed by atoms with van der Waals surface area (Å²) in [6.45, 7) is 5.11. The van der Waals surface area contributed by atoms with Gasteiger partial charge < -0.3 is 10.1 Å². The minimum atomic E-state index is 0.280. The number of hydrogen-bond acceptors (Lipinski definition) is 3. The summed E-state index contributed by atoms with van der Waals surface area (Å²) >= 11 is 3.43. The molecule has 0 atom stereocenters. The van der Waals surface area contributed by atoms with Crippen molar-refractivity contribution < 1.29 is 9.53 Å². The molecule has 0 radical (unpaired) electrons. The molecule has 0 aliphatic heterocycles. The van der Waals surface area contributed by atoms with Crippen molar-refractivity contribution in [3.8, 4) is 5.75 Å². The summed E-state index contributed by atoms with van der Waals surface area (Å²) in [5.74, 6) is 1.07. The molecule has 0 aliphatic carbocycles. The first-order valence-electron chi connectivity index (χ1n) is 6.60. The molecule has 0 unspecified atom stereocenters. The molecule has 4 heteroatoms. The normalized spacial score (nSPS) is 10.8. The van der Waals surface area contributed by atoms with Crippen molar-refractivity contribution in [2.45, 2.75) is 39.2 Å². The highest BCUT2D eigenvalue weighted by Gasteiger charge is 2.06. The van der Waals surface area contributed by atoms with Gasteiger partial charge in [0.1, 0.15) is 11.5 Å². The second-order valence-electron chi connectivity index (χ2n) is 4.90. The highest BCUT2D eigenvalue weighted by atomic mass is 79.9. The monoisotopic (exact) mass is 327 g/mol. The molecule has 106 valence electrons. The van der Waals surface area contributed by atoms with Crippen LogP contribution in [0.15, 0.2) is 22.7 Å². The van der Waals surface area contributed by atoms with Gasteiger partial charge in [0.05, 0.1) is 11.6 Å². The van der Waals surface area contributed by atoms with Gasteiger partial charge in [-0.25, -0.2) is 0 Å². The van der Waals surface area contributed by atoms with Crippen LogP contribution in [0.4, 0.5) is 0 Å². The topological polar surface area (TPSA) is 38.3 Å². The second kappa shape index (κ2) is 8.33. The molecule has 19 heavy (non-hydrogen) atoms. The predicted octanol–water partition coefficient (Wildman–Crippen LogP) is 3.35. The maximum atomic E-state index is 11.8. The fourth-order valence-electron chi connectivity index (χ4n) is 1.81. The van der Waals surface area contributed by atoms with Gasteiger partial charge in [-0.1, -0.05) is 19.9 Å². The van der Waals surface area contributed by atoms with Gasteiger partial charge in [-0.3, -0.25) is 4.79 Å². The lowest BCUT2D eigenvalue weighted by Crippen LogP contribution is -2.24. The molecule has 3 nitrogen and oxygen atoms in total. The van der Waals surface area contributed by atoms with Crippen molar-refractivity contribution in [1.82, 2.24) is 5.32 Å². The van der Waals surface area contributed by atoms with Crippen molar-refractivity contribution in [2.24, 2.45) is 0 Å². The number of carbonyl (C=O) groups is 1. The van der Waals surface area contributed by atoms with E-state index < -0.39 is 0 Å². The molecule has 0 fully saturated rings. The largest absolute Gasteiger partial charge is 0.496 e. The van der Waals surface area contributed by atoms with Gasteiger partial charge in [-0.05, 0) is 46.6 Å². The summed E-state index contributed by atoms with van der Waals surface area (Å²) in [4.78, 5) is 11.8. The van der Waals surface area contributed by atoms with Crippen LogP contribution in [0.5, 0.6) is 5.75 Å². The molecule has 0 spiro atoms. The Morgan fingerprint density at radius 1 is 1.42 bits per heavy atom. The molecule has 0 saturated carbocycles. The minimum Gasteiger partial charge on any atom is -0.496 e. The lowest BCUT2D eigenvalue weighted by molar-refractivity contribution is -0.118. The SMILES string of the molecule is COc1ccc(CC(=O)CCCNC(C)C)cc1Br. The summed E-state index contributed by atoms with van der Waals surface area (Å²) in [7, 11) is 1.63. The smallest absolute Gasteiger partial charge is 0.137 e. The van der Waals surface area contributed by atoms with Crippen molar-refractivity contribution in [1.29, 1.82) is 0 Å². The van der Waals surface area contributed by atoms with Crippen molar-refractivity contribution in [3.05, 3.63) is 28.2 Å². The van der Waals surface area contributed by atoms with E-state index in [0.29, 0.717) is 18.9 Å². The Morgan fingerprint density at radius 3 is 2.74 bits per heavy atom. The van der Waals surface area contributed by atoms with Crippen molar-refractivity contribution >= 4 is 21.7 Å². The molecule has 1 N–H and O–H groups in total. The van der Waals surface area contributed by atoms with Gasteiger partial charge in [0.2, 0.25) is 0 Å². The predicted molar refractivity (Wildman–Crippen MR) is 81.8 cm³/mol. The standard InChI is InChI=1S/C15H22BrNO2/c1-11(2)17-8-4-5-13(18)9-12-6-7-15(19-3)14(16)10-12/h6-7,10-11,17H,4-5,8-9H2,1-3H3. The van der Waals surface area contributed by atoms with Crippen LogP contribution in [-0.2, 0) is 11.2 Å². The Kier molecular flexibility index (Phi) is 7.10. The Balaban J connectivity index is 2.38. The van der Waals surface area contributed by atoms with Gasteiger partial charge in [0.15, 0.2) is 0 Å². The van der Waals surface area contributed by atoms with Gasteiger partial charge in [0, 0.05) is 18.9 Å². The highest BCUT2D eigenvalue weighted by Crippen LogP contribution is 2.25. The molecule has 0 saturated heterocycles. The van der Waals surface area contributed by atoms with Crippen LogP contribution in [0.1, 0.15) is 32.3 Å². The average Bonchev–Trinajstić information content (AvgIpc) is 2.35. The molecule has 1 aromatic carbocycles. The summed E-state index contributed by atoms with van der Waals surface area (Å²) in [6.07, 6.45) is 2.02. The number of methoxy groups -OCH3 is 1. The third-order valence-corrected chi connectivity index (χ3v) is 3.42. The van der Waals surface area contributed by atoms with Gasteiger partial charge in [-0.15, -0.1) is 0 Å². The third kappa shape index (κ3) is 6.21. The molecular formula is C15H22BrNO2.